The monoisotopic (exact) mass is 233 g/mol. The number of thiocarbonyl (C=S) groups is 1. The summed E-state index contributed by atoms with van der Waals surface area (Å²) in [6, 6.07) is 3.69. The van der Waals surface area contributed by atoms with E-state index in [1.807, 2.05) is 19.9 Å². The Bertz CT molecular complexity index is 546. The molecule has 5 nitrogen and oxygen atoms in total. The highest BCUT2D eigenvalue weighted by atomic mass is 32.1. The van der Waals surface area contributed by atoms with Crippen LogP contribution >= 0.6 is 12.2 Å². The topological polar surface area (TPSA) is 69.6 Å². The van der Waals surface area contributed by atoms with Gasteiger partial charge in [0.15, 0.2) is 5.82 Å². The summed E-state index contributed by atoms with van der Waals surface area (Å²) >= 11 is 4.97. The molecule has 16 heavy (non-hydrogen) atoms. The predicted molar refractivity (Wildman–Crippen MR) is 64.5 cm³/mol. The van der Waals surface area contributed by atoms with Gasteiger partial charge in [-0.25, -0.2) is 4.68 Å². The second kappa shape index (κ2) is 3.97. The lowest BCUT2D eigenvalue weighted by Gasteiger charge is -2.07. The summed E-state index contributed by atoms with van der Waals surface area (Å²) in [6.07, 6.45) is 1.56. The normalized spacial score (nSPS) is 10.4. The predicted octanol–water partition coefficient (Wildman–Crippen LogP) is 0.913. The molecule has 0 radical (unpaired) electrons. The minimum atomic E-state index is 0.289. The third-order valence-corrected chi connectivity index (χ3v) is 2.40. The SMILES string of the molecule is Cc1cc(C)n(-c2nnccc2C(N)=S)n1. The molecule has 6 heteroatoms. The molecule has 0 saturated heterocycles. The van der Waals surface area contributed by atoms with Gasteiger partial charge in [0.2, 0.25) is 0 Å². The average molecular weight is 233 g/mol. The van der Waals surface area contributed by atoms with Crippen molar-refractivity contribution in [3.8, 4) is 5.82 Å². The first-order valence-electron chi connectivity index (χ1n) is 4.74. The molecule has 0 spiro atoms. The number of nitrogens with zero attached hydrogens (tertiary/aromatic N) is 4. The summed E-state index contributed by atoms with van der Waals surface area (Å²) in [4.78, 5) is 0.289. The van der Waals surface area contributed by atoms with Crippen molar-refractivity contribution in [1.82, 2.24) is 20.0 Å². The molecule has 0 aliphatic rings. The van der Waals surface area contributed by atoms with Crippen molar-refractivity contribution in [2.45, 2.75) is 13.8 Å². The zero-order valence-electron chi connectivity index (χ0n) is 9.01. The molecule has 2 aromatic heterocycles. The van der Waals surface area contributed by atoms with Gasteiger partial charge < -0.3 is 5.73 Å². The van der Waals surface area contributed by atoms with Crippen molar-refractivity contribution in [3.63, 3.8) is 0 Å². The number of hydrogen-bond donors (Lipinski definition) is 1. The summed E-state index contributed by atoms with van der Waals surface area (Å²) in [5.74, 6) is 0.570. The van der Waals surface area contributed by atoms with E-state index in [1.165, 1.54) is 0 Å². The molecule has 0 saturated carbocycles. The van der Waals surface area contributed by atoms with Gasteiger partial charge in [0.05, 0.1) is 17.5 Å². The largest absolute Gasteiger partial charge is 0.389 e. The molecule has 0 aliphatic heterocycles. The summed E-state index contributed by atoms with van der Waals surface area (Å²) in [5, 5.41) is 12.2. The van der Waals surface area contributed by atoms with Crippen LogP contribution < -0.4 is 5.73 Å². The first-order valence-corrected chi connectivity index (χ1v) is 5.15. The zero-order valence-corrected chi connectivity index (χ0v) is 9.82. The molecule has 0 amide bonds. The molecule has 2 heterocycles. The maximum absolute atomic E-state index is 5.63. The van der Waals surface area contributed by atoms with Crippen molar-refractivity contribution < 1.29 is 0 Å². The van der Waals surface area contributed by atoms with Crippen molar-refractivity contribution in [2.24, 2.45) is 5.73 Å². The van der Waals surface area contributed by atoms with Crippen LogP contribution in [-0.2, 0) is 0 Å². The van der Waals surface area contributed by atoms with Crippen LogP contribution in [0, 0.1) is 13.8 Å². The van der Waals surface area contributed by atoms with E-state index in [4.69, 9.17) is 18.0 Å². The van der Waals surface area contributed by atoms with E-state index < -0.39 is 0 Å². The van der Waals surface area contributed by atoms with Crippen LogP contribution in [0.15, 0.2) is 18.3 Å². The van der Waals surface area contributed by atoms with Gasteiger partial charge >= 0.3 is 0 Å². The molecule has 0 atom stereocenters. The number of nitrogens with two attached hydrogens (primary N) is 1. The highest BCUT2D eigenvalue weighted by molar-refractivity contribution is 7.80. The Labute approximate surface area is 98.3 Å². The van der Waals surface area contributed by atoms with Crippen LogP contribution in [0.5, 0.6) is 0 Å². The molecule has 0 aromatic carbocycles. The van der Waals surface area contributed by atoms with E-state index in [0.29, 0.717) is 11.4 Å². The number of aryl methyl sites for hydroxylation is 2. The van der Waals surface area contributed by atoms with E-state index in [0.717, 1.165) is 11.4 Å². The summed E-state index contributed by atoms with van der Waals surface area (Å²) in [5.41, 5.74) is 8.19. The van der Waals surface area contributed by atoms with Crippen LogP contribution in [0.4, 0.5) is 0 Å². The van der Waals surface area contributed by atoms with Gasteiger partial charge in [0.1, 0.15) is 4.99 Å². The van der Waals surface area contributed by atoms with Gasteiger partial charge in [-0.15, -0.1) is 5.10 Å². The minimum absolute atomic E-state index is 0.289. The van der Waals surface area contributed by atoms with Crippen LogP contribution in [0.25, 0.3) is 5.82 Å². The Kier molecular flexibility index (Phi) is 2.66. The van der Waals surface area contributed by atoms with Crippen molar-refractivity contribution in [3.05, 3.63) is 35.3 Å². The van der Waals surface area contributed by atoms with E-state index in [-0.39, 0.29) is 4.99 Å². The fraction of sp³-hybridized carbons (Fsp3) is 0.200. The summed E-state index contributed by atoms with van der Waals surface area (Å²) in [7, 11) is 0. The molecule has 2 rings (SSSR count). The Hall–Kier alpha value is -1.82. The summed E-state index contributed by atoms with van der Waals surface area (Å²) in [6.45, 7) is 3.86. The molecular formula is C10H11N5S. The van der Waals surface area contributed by atoms with Crippen LogP contribution in [0.3, 0.4) is 0 Å². The highest BCUT2D eigenvalue weighted by Gasteiger charge is 2.12. The second-order valence-electron chi connectivity index (χ2n) is 3.47. The number of hydrogen-bond acceptors (Lipinski definition) is 4. The lowest BCUT2D eigenvalue weighted by molar-refractivity contribution is 0.779. The third kappa shape index (κ3) is 1.79. The van der Waals surface area contributed by atoms with Gasteiger partial charge in [-0.1, -0.05) is 12.2 Å². The second-order valence-corrected chi connectivity index (χ2v) is 3.91. The van der Waals surface area contributed by atoms with Gasteiger partial charge in [0, 0.05) is 5.69 Å². The van der Waals surface area contributed by atoms with E-state index in [1.54, 1.807) is 16.9 Å². The van der Waals surface area contributed by atoms with Crippen molar-refractivity contribution >= 4 is 17.2 Å². The van der Waals surface area contributed by atoms with Crippen molar-refractivity contribution in [1.29, 1.82) is 0 Å². The van der Waals surface area contributed by atoms with Gasteiger partial charge in [-0.2, -0.15) is 10.2 Å². The van der Waals surface area contributed by atoms with E-state index >= 15 is 0 Å². The van der Waals surface area contributed by atoms with E-state index in [2.05, 4.69) is 15.3 Å². The highest BCUT2D eigenvalue weighted by Crippen LogP contribution is 2.13. The molecule has 2 N–H and O–H groups in total. The van der Waals surface area contributed by atoms with Crippen LogP contribution in [0.2, 0.25) is 0 Å². The Balaban J connectivity index is 2.64. The minimum Gasteiger partial charge on any atom is -0.389 e. The quantitative estimate of drug-likeness (QED) is 0.781. The lowest BCUT2D eigenvalue weighted by Crippen LogP contribution is -2.16. The van der Waals surface area contributed by atoms with Crippen LogP contribution in [-0.4, -0.2) is 25.0 Å². The fourth-order valence-corrected chi connectivity index (χ4v) is 1.68. The number of aromatic nitrogens is 4. The molecule has 0 aliphatic carbocycles. The van der Waals surface area contributed by atoms with Gasteiger partial charge in [-0.3, -0.25) is 0 Å². The molecule has 0 unspecified atom stereocenters. The van der Waals surface area contributed by atoms with Crippen LogP contribution in [0.1, 0.15) is 17.0 Å². The Morgan fingerprint density at radius 3 is 2.75 bits per heavy atom. The standard InChI is InChI=1S/C10H11N5S/c1-6-5-7(2)15(14-6)10-8(9(11)16)3-4-12-13-10/h3-5H,1-2H3,(H2,11,16). The zero-order chi connectivity index (χ0) is 11.7. The Morgan fingerprint density at radius 2 is 2.19 bits per heavy atom. The first-order chi connectivity index (χ1) is 7.59. The van der Waals surface area contributed by atoms with Gasteiger partial charge in [-0.05, 0) is 26.0 Å². The average Bonchev–Trinajstić information content (AvgIpc) is 2.57. The third-order valence-electron chi connectivity index (χ3n) is 2.18. The van der Waals surface area contributed by atoms with E-state index in [9.17, 15) is 0 Å². The van der Waals surface area contributed by atoms with Gasteiger partial charge in [0.25, 0.3) is 0 Å². The Morgan fingerprint density at radius 1 is 1.44 bits per heavy atom. The molecule has 2 aromatic rings. The lowest BCUT2D eigenvalue weighted by atomic mass is 10.3. The fourth-order valence-electron chi connectivity index (χ4n) is 1.52. The maximum Gasteiger partial charge on any atom is 0.186 e. The molecule has 0 bridgehead atoms. The molecular weight excluding hydrogens is 222 g/mol. The van der Waals surface area contributed by atoms with Crippen molar-refractivity contribution in [2.75, 3.05) is 0 Å². The number of rotatable bonds is 2. The smallest absolute Gasteiger partial charge is 0.186 e. The maximum atomic E-state index is 5.63. The molecule has 0 fully saturated rings. The first kappa shape index (κ1) is 10.7. The summed E-state index contributed by atoms with van der Waals surface area (Å²) < 4.78 is 1.69. The molecule has 82 valence electrons.